The molecule has 4 amide bonds. The van der Waals surface area contributed by atoms with E-state index in [4.69, 9.17) is 9.47 Å². The van der Waals surface area contributed by atoms with Crippen LogP contribution >= 0.6 is 0 Å². The average Bonchev–Trinajstić information content (AvgIpc) is 3.14. The molecule has 0 fully saturated rings. The molecule has 0 aromatic heterocycles. The number of methoxy groups -OCH3 is 2. The number of nitrogens with one attached hydrogen (secondary N) is 4. The Bertz CT molecular complexity index is 1270. The van der Waals surface area contributed by atoms with Gasteiger partial charge in [0.05, 0.1) is 42.3 Å². The van der Waals surface area contributed by atoms with Gasteiger partial charge in [-0.1, -0.05) is 84.7 Å². The lowest BCUT2D eigenvalue weighted by Gasteiger charge is -2.42. The van der Waals surface area contributed by atoms with E-state index in [1.807, 2.05) is 71.9 Å². The van der Waals surface area contributed by atoms with E-state index in [1.165, 1.54) is 0 Å². The van der Waals surface area contributed by atoms with Gasteiger partial charge in [-0.25, -0.2) is 0 Å². The lowest BCUT2D eigenvalue weighted by Crippen LogP contribution is -2.61. The van der Waals surface area contributed by atoms with Gasteiger partial charge in [0.1, 0.15) is 12.3 Å². The summed E-state index contributed by atoms with van der Waals surface area (Å²) < 4.78 is 12.0. The van der Waals surface area contributed by atoms with Crippen LogP contribution in [0.2, 0.25) is 0 Å². The second-order valence-corrected chi connectivity index (χ2v) is 15.3. The standard InChI is InChI=1S/C40H72N6O7/c1-15-20-30(35(53-14)27(6)36(48)43-29(37(49)41-9)23-28-21-18-17-19-22-28)45(11)32(47)24-31(52-13)34(26(5)16-2)46(12)38(50)33(25(3)4)44-39(51)40(7,8)42-10/h17-19,21-22,25-27,29-31,33-36,42-43,48H,15-16,20,23-24H2,1-14H3,(H,41,49)(H,44,51)/t26?,27-,29-,30?,31?,33?,34?,35?,36?/m1/s1. The number of aliphatic hydroxyl groups is 1. The van der Waals surface area contributed by atoms with Crippen molar-refractivity contribution in [1.29, 1.82) is 0 Å². The van der Waals surface area contributed by atoms with Gasteiger partial charge in [-0.3, -0.25) is 24.5 Å². The van der Waals surface area contributed by atoms with Crippen molar-refractivity contribution in [2.24, 2.45) is 17.8 Å². The summed E-state index contributed by atoms with van der Waals surface area (Å²) in [6.07, 6.45) is 0.0990. The SMILES string of the molecule is CCCC(C(OC)[C@@H](C)C(O)N[C@H](Cc1ccccc1)C(=O)NC)N(C)C(=O)CC(OC)C(C(C)CC)N(C)C(=O)C(NC(=O)C(C)(C)NC)C(C)C. The fourth-order valence-corrected chi connectivity index (χ4v) is 6.78. The Hall–Kier alpha value is -3.10. The highest BCUT2D eigenvalue weighted by Gasteiger charge is 2.41. The van der Waals surface area contributed by atoms with Gasteiger partial charge in [0.15, 0.2) is 0 Å². The van der Waals surface area contributed by atoms with E-state index in [9.17, 15) is 24.3 Å². The smallest absolute Gasteiger partial charge is 0.245 e. The van der Waals surface area contributed by atoms with Crippen molar-refractivity contribution in [3.63, 3.8) is 0 Å². The van der Waals surface area contributed by atoms with Crippen molar-refractivity contribution in [1.82, 2.24) is 31.1 Å². The number of hydrogen-bond donors (Lipinski definition) is 5. The van der Waals surface area contributed by atoms with Crippen molar-refractivity contribution in [2.45, 2.75) is 136 Å². The summed E-state index contributed by atoms with van der Waals surface area (Å²) in [7, 11) is 9.82. The van der Waals surface area contributed by atoms with Crippen LogP contribution in [0.5, 0.6) is 0 Å². The lowest BCUT2D eigenvalue weighted by atomic mass is 9.88. The molecule has 53 heavy (non-hydrogen) atoms. The zero-order valence-electron chi connectivity index (χ0n) is 35.0. The molecule has 9 atom stereocenters. The molecular formula is C40H72N6O7. The van der Waals surface area contributed by atoms with Crippen molar-refractivity contribution < 1.29 is 33.8 Å². The first-order chi connectivity index (χ1) is 24.9. The van der Waals surface area contributed by atoms with Gasteiger partial charge >= 0.3 is 0 Å². The quantitative estimate of drug-likeness (QED) is 0.100. The molecule has 0 heterocycles. The molecule has 0 spiro atoms. The summed E-state index contributed by atoms with van der Waals surface area (Å²) in [6, 6.07) is 7.23. The van der Waals surface area contributed by atoms with Crippen LogP contribution in [-0.4, -0.2) is 129 Å². The van der Waals surface area contributed by atoms with Crippen LogP contribution in [0.15, 0.2) is 30.3 Å². The van der Waals surface area contributed by atoms with Crippen LogP contribution in [0.3, 0.4) is 0 Å². The molecule has 0 bridgehead atoms. The minimum absolute atomic E-state index is 0.00717. The van der Waals surface area contributed by atoms with E-state index < -0.39 is 54.1 Å². The summed E-state index contributed by atoms with van der Waals surface area (Å²) in [5, 5.41) is 23.2. The van der Waals surface area contributed by atoms with Crippen LogP contribution in [-0.2, 0) is 35.1 Å². The van der Waals surface area contributed by atoms with E-state index in [-0.39, 0.29) is 41.9 Å². The van der Waals surface area contributed by atoms with E-state index in [0.717, 1.165) is 18.4 Å². The van der Waals surface area contributed by atoms with E-state index in [1.54, 1.807) is 66.1 Å². The molecule has 5 N–H and O–H groups in total. The third-order valence-corrected chi connectivity index (χ3v) is 10.9. The Labute approximate surface area is 319 Å². The molecule has 13 nitrogen and oxygen atoms in total. The highest BCUT2D eigenvalue weighted by atomic mass is 16.5. The Balaban J connectivity index is 3.32. The summed E-state index contributed by atoms with van der Waals surface area (Å²) in [5.74, 6) is -1.73. The Morgan fingerprint density at radius 2 is 1.53 bits per heavy atom. The molecule has 0 saturated carbocycles. The molecular weight excluding hydrogens is 676 g/mol. The summed E-state index contributed by atoms with van der Waals surface area (Å²) in [5.41, 5.74) is 0.0739. The van der Waals surface area contributed by atoms with E-state index >= 15 is 0 Å². The second kappa shape index (κ2) is 23.0. The van der Waals surface area contributed by atoms with E-state index in [2.05, 4.69) is 21.3 Å². The van der Waals surface area contributed by atoms with Crippen LogP contribution in [0.25, 0.3) is 0 Å². The van der Waals surface area contributed by atoms with Crippen molar-refractivity contribution in [3.8, 4) is 0 Å². The number of rotatable bonds is 24. The van der Waals surface area contributed by atoms with Gasteiger partial charge in [0, 0.05) is 41.3 Å². The number of amides is 4. The first-order valence-corrected chi connectivity index (χ1v) is 19.1. The van der Waals surface area contributed by atoms with Gasteiger partial charge in [0.2, 0.25) is 23.6 Å². The largest absolute Gasteiger partial charge is 0.379 e. The van der Waals surface area contributed by atoms with Crippen LogP contribution in [0.4, 0.5) is 0 Å². The molecule has 0 aliphatic carbocycles. The fourth-order valence-electron chi connectivity index (χ4n) is 6.78. The number of carbonyl (C=O) groups excluding carboxylic acids is 4. The van der Waals surface area contributed by atoms with Crippen molar-refractivity contribution in [3.05, 3.63) is 35.9 Å². The number of ether oxygens (including phenoxy) is 2. The van der Waals surface area contributed by atoms with Gasteiger partial charge in [0.25, 0.3) is 0 Å². The number of likely N-dealkylation sites (N-methyl/N-ethyl adjacent to an activating group) is 4. The zero-order chi connectivity index (χ0) is 40.6. The van der Waals surface area contributed by atoms with E-state index in [0.29, 0.717) is 12.8 Å². The molecule has 0 radical (unpaired) electrons. The van der Waals surface area contributed by atoms with Crippen LogP contribution in [0, 0.1) is 17.8 Å². The number of benzene rings is 1. The molecule has 1 rings (SSSR count). The maximum absolute atomic E-state index is 14.2. The molecule has 304 valence electrons. The molecule has 0 saturated heterocycles. The molecule has 1 aromatic rings. The number of hydrogen-bond acceptors (Lipinski definition) is 9. The van der Waals surface area contributed by atoms with Gasteiger partial charge < -0.3 is 40.3 Å². The number of nitrogens with zero attached hydrogens (tertiary/aromatic N) is 2. The van der Waals surface area contributed by atoms with Crippen LogP contribution < -0.4 is 21.3 Å². The van der Waals surface area contributed by atoms with Crippen LogP contribution in [0.1, 0.15) is 86.6 Å². The Kier molecular flexibility index (Phi) is 20.8. The van der Waals surface area contributed by atoms with Gasteiger partial charge in [-0.15, -0.1) is 0 Å². The summed E-state index contributed by atoms with van der Waals surface area (Å²) >= 11 is 0. The summed E-state index contributed by atoms with van der Waals surface area (Å²) in [4.78, 5) is 57.5. The molecule has 13 heteroatoms. The molecule has 7 unspecified atom stereocenters. The minimum atomic E-state index is -1.12. The average molecular weight is 749 g/mol. The van der Waals surface area contributed by atoms with Crippen molar-refractivity contribution in [2.75, 3.05) is 42.4 Å². The predicted molar refractivity (Wildman–Crippen MR) is 210 cm³/mol. The summed E-state index contributed by atoms with van der Waals surface area (Å²) in [6.45, 7) is 15.2. The van der Waals surface area contributed by atoms with Gasteiger partial charge in [-0.05, 0) is 51.1 Å². The number of carbonyl (C=O) groups is 4. The maximum atomic E-state index is 14.2. The molecule has 1 aromatic carbocycles. The first kappa shape index (κ1) is 47.9. The third kappa shape index (κ3) is 13.6. The zero-order valence-corrected chi connectivity index (χ0v) is 35.0. The lowest BCUT2D eigenvalue weighted by molar-refractivity contribution is -0.148. The highest BCUT2D eigenvalue weighted by molar-refractivity contribution is 5.92. The maximum Gasteiger partial charge on any atom is 0.245 e. The highest BCUT2D eigenvalue weighted by Crippen LogP contribution is 2.27. The Morgan fingerprint density at radius 3 is 2.00 bits per heavy atom. The third-order valence-electron chi connectivity index (χ3n) is 10.9. The normalized spacial score (nSPS) is 17.1. The molecule has 0 aliphatic heterocycles. The monoisotopic (exact) mass is 749 g/mol. The fraction of sp³-hybridized carbons (Fsp3) is 0.750. The molecule has 0 aliphatic rings. The van der Waals surface area contributed by atoms with Gasteiger partial charge in [-0.2, -0.15) is 0 Å². The minimum Gasteiger partial charge on any atom is -0.379 e. The topological polar surface area (TPSA) is 162 Å². The second-order valence-electron chi connectivity index (χ2n) is 15.3. The number of aliphatic hydroxyl groups excluding tert-OH is 1. The van der Waals surface area contributed by atoms with Crippen molar-refractivity contribution >= 4 is 23.6 Å². The Morgan fingerprint density at radius 1 is 0.925 bits per heavy atom. The first-order valence-electron chi connectivity index (χ1n) is 19.1. The predicted octanol–water partition coefficient (Wildman–Crippen LogP) is 2.95.